The molecule has 2 saturated carbocycles. The summed E-state index contributed by atoms with van der Waals surface area (Å²) in [6.07, 6.45) is 3.35. The monoisotopic (exact) mass is 487 g/mol. The van der Waals surface area contributed by atoms with Crippen LogP contribution in [0.5, 0.6) is 0 Å². The Morgan fingerprint density at radius 2 is 1.88 bits per heavy atom. The van der Waals surface area contributed by atoms with Gasteiger partial charge in [-0.1, -0.05) is 48.9 Å². The van der Waals surface area contributed by atoms with Crippen LogP contribution in [-0.2, 0) is 15.0 Å². The standard InChI is InChI=1S/C23H22ClN3O3S2/c1-3-23(2)16-12-8-13(17(16)31-19-18(23)32-22(30)26-19)15-14(12)20(28)27(21(15)29)25-9-10-4-6-11(24)7-5-10/h4-7,9,12-17H,3,8H2,1-2H3,(H,26,30)/b25-9-/t12-,13-,14+,15+,16-,17-,23+/m0/s1. The Kier molecular flexibility index (Phi) is 4.56. The number of thioether (sulfide) groups is 1. The SMILES string of the molecule is CC[C@@]1(C)c2sc(=O)[nH]c2S[C@H]2[C@H]3C[C@@H]([C@H]4C(=O)N(/N=C\c5ccc(Cl)cc5)C(=O)[C@H]34)[C@@H]21. The Hall–Kier alpha value is -1.90. The number of nitrogens with zero attached hydrogens (tertiary/aromatic N) is 2. The summed E-state index contributed by atoms with van der Waals surface area (Å²) in [6, 6.07) is 7.11. The number of thiazole rings is 1. The van der Waals surface area contributed by atoms with Gasteiger partial charge in [0.2, 0.25) is 0 Å². The molecule has 6 nitrogen and oxygen atoms in total. The molecule has 2 aliphatic heterocycles. The van der Waals surface area contributed by atoms with E-state index >= 15 is 0 Å². The third-order valence-corrected chi connectivity index (χ3v) is 11.1. The van der Waals surface area contributed by atoms with Crippen molar-refractivity contribution in [2.45, 2.75) is 42.4 Å². The summed E-state index contributed by atoms with van der Waals surface area (Å²) in [5.74, 6) is -0.414. The maximum Gasteiger partial charge on any atom is 0.305 e. The first-order valence-electron chi connectivity index (χ1n) is 10.9. The molecule has 7 atom stereocenters. The van der Waals surface area contributed by atoms with Gasteiger partial charge in [0.05, 0.1) is 23.1 Å². The molecule has 166 valence electrons. The molecule has 0 spiro atoms. The number of hydrogen-bond acceptors (Lipinski definition) is 6. The molecule has 1 aromatic heterocycles. The van der Waals surface area contributed by atoms with Crippen molar-refractivity contribution < 1.29 is 9.59 Å². The highest BCUT2D eigenvalue weighted by molar-refractivity contribution is 8.00. The van der Waals surface area contributed by atoms with Gasteiger partial charge in [0.1, 0.15) is 0 Å². The number of nitrogens with one attached hydrogen (secondary N) is 1. The third kappa shape index (κ3) is 2.66. The summed E-state index contributed by atoms with van der Waals surface area (Å²) in [4.78, 5) is 43.0. The van der Waals surface area contributed by atoms with Crippen LogP contribution < -0.4 is 4.87 Å². The summed E-state index contributed by atoms with van der Waals surface area (Å²) < 4.78 is 0. The average molecular weight is 488 g/mol. The van der Waals surface area contributed by atoms with E-state index in [-0.39, 0.29) is 56.9 Å². The predicted octanol–water partition coefficient (Wildman–Crippen LogP) is 4.13. The van der Waals surface area contributed by atoms with Crippen molar-refractivity contribution in [1.82, 2.24) is 9.99 Å². The summed E-state index contributed by atoms with van der Waals surface area (Å²) in [6.45, 7) is 4.40. The molecule has 9 heteroatoms. The predicted molar refractivity (Wildman–Crippen MR) is 125 cm³/mol. The van der Waals surface area contributed by atoms with E-state index in [1.165, 1.54) is 11.3 Å². The minimum atomic E-state index is -0.309. The zero-order chi connectivity index (χ0) is 22.4. The molecule has 6 rings (SSSR count). The molecule has 2 aromatic rings. The van der Waals surface area contributed by atoms with Gasteiger partial charge in [-0.3, -0.25) is 14.4 Å². The van der Waals surface area contributed by atoms with Crippen molar-refractivity contribution in [3.8, 4) is 0 Å². The van der Waals surface area contributed by atoms with Gasteiger partial charge in [-0.05, 0) is 48.3 Å². The van der Waals surface area contributed by atoms with Crippen LogP contribution in [0, 0.1) is 29.6 Å². The Morgan fingerprint density at radius 3 is 2.56 bits per heavy atom. The summed E-state index contributed by atoms with van der Waals surface area (Å²) in [5.41, 5.74) is 0.620. The van der Waals surface area contributed by atoms with Gasteiger partial charge in [-0.2, -0.15) is 10.1 Å². The van der Waals surface area contributed by atoms with E-state index in [0.717, 1.165) is 33.3 Å². The van der Waals surface area contributed by atoms with E-state index < -0.39 is 0 Å². The van der Waals surface area contributed by atoms with Crippen LogP contribution in [-0.4, -0.2) is 33.3 Å². The fourth-order valence-corrected chi connectivity index (χ4v) is 9.99. The zero-order valence-corrected chi connectivity index (χ0v) is 20.0. The van der Waals surface area contributed by atoms with Gasteiger partial charge in [-0.15, -0.1) is 11.8 Å². The van der Waals surface area contributed by atoms with Crippen molar-refractivity contribution in [3.63, 3.8) is 0 Å². The second kappa shape index (κ2) is 7.05. The van der Waals surface area contributed by atoms with Crippen molar-refractivity contribution in [1.29, 1.82) is 0 Å². The lowest BCUT2D eigenvalue weighted by Crippen LogP contribution is -2.49. The molecule has 3 heterocycles. The smallest absolute Gasteiger partial charge is 0.305 e. The van der Waals surface area contributed by atoms with Crippen LogP contribution >= 0.6 is 34.7 Å². The number of H-pyrrole nitrogens is 1. The molecule has 0 unspecified atom stereocenters. The lowest BCUT2D eigenvalue weighted by Gasteiger charge is -2.48. The van der Waals surface area contributed by atoms with Gasteiger partial charge < -0.3 is 4.98 Å². The number of imide groups is 1. The largest absolute Gasteiger partial charge is 0.307 e. The van der Waals surface area contributed by atoms with Crippen molar-refractivity contribution in [2.24, 2.45) is 34.7 Å². The van der Waals surface area contributed by atoms with Crippen LogP contribution in [0.15, 0.2) is 39.2 Å². The maximum atomic E-state index is 13.4. The first-order chi connectivity index (χ1) is 15.3. The summed E-state index contributed by atoms with van der Waals surface area (Å²) in [5, 5.41) is 7.22. The highest BCUT2D eigenvalue weighted by Gasteiger charge is 2.71. The van der Waals surface area contributed by atoms with Crippen LogP contribution in [0.25, 0.3) is 0 Å². The molecule has 3 fully saturated rings. The van der Waals surface area contributed by atoms with Crippen molar-refractivity contribution in [3.05, 3.63) is 49.4 Å². The second-order valence-corrected chi connectivity index (χ2v) is 12.1. The molecule has 1 saturated heterocycles. The number of hydrazone groups is 1. The number of carbonyl (C=O) groups is 2. The number of halogens is 1. The van der Waals surface area contributed by atoms with E-state index in [4.69, 9.17) is 11.6 Å². The van der Waals surface area contributed by atoms with Crippen molar-refractivity contribution >= 4 is 52.7 Å². The number of hydrogen-bond donors (Lipinski definition) is 1. The topological polar surface area (TPSA) is 82.6 Å². The quantitative estimate of drug-likeness (QED) is 0.521. The van der Waals surface area contributed by atoms with E-state index in [1.54, 1.807) is 42.2 Å². The Balaban J connectivity index is 1.34. The Bertz CT molecular complexity index is 1220. The second-order valence-electron chi connectivity index (χ2n) is 9.45. The molecule has 2 amide bonds. The minimum absolute atomic E-state index is 0.0236. The normalized spacial score (nSPS) is 37.3. The van der Waals surface area contributed by atoms with Gasteiger partial charge in [0.25, 0.3) is 11.8 Å². The van der Waals surface area contributed by atoms with Crippen LogP contribution in [0.4, 0.5) is 0 Å². The third-order valence-electron chi connectivity index (χ3n) is 8.13. The molecule has 1 N–H and O–H groups in total. The molecule has 0 radical (unpaired) electrons. The first-order valence-corrected chi connectivity index (χ1v) is 13.0. The lowest BCUT2D eigenvalue weighted by molar-refractivity contribution is -0.140. The Morgan fingerprint density at radius 1 is 1.19 bits per heavy atom. The molecule has 4 aliphatic rings. The van der Waals surface area contributed by atoms with E-state index in [9.17, 15) is 14.4 Å². The first kappa shape index (κ1) is 20.7. The van der Waals surface area contributed by atoms with Gasteiger partial charge in [-0.25, -0.2) is 0 Å². The molecule has 2 bridgehead atoms. The summed E-state index contributed by atoms with van der Waals surface area (Å²) >= 11 is 8.95. The highest BCUT2D eigenvalue weighted by atomic mass is 35.5. The fourth-order valence-electron chi connectivity index (χ4n) is 6.66. The van der Waals surface area contributed by atoms with E-state index in [0.29, 0.717) is 5.02 Å². The number of carbonyl (C=O) groups excluding carboxylic acids is 2. The number of aromatic nitrogens is 1. The van der Waals surface area contributed by atoms with Crippen molar-refractivity contribution in [2.75, 3.05) is 0 Å². The zero-order valence-electron chi connectivity index (χ0n) is 17.6. The van der Waals surface area contributed by atoms with E-state index in [2.05, 4.69) is 23.9 Å². The minimum Gasteiger partial charge on any atom is -0.307 e. The lowest BCUT2D eigenvalue weighted by atomic mass is 9.62. The van der Waals surface area contributed by atoms with Gasteiger partial charge in [0.15, 0.2) is 0 Å². The van der Waals surface area contributed by atoms with Crippen LogP contribution in [0.2, 0.25) is 5.02 Å². The number of amides is 2. The highest BCUT2D eigenvalue weighted by Crippen LogP contribution is 2.69. The molecular formula is C23H22ClN3O3S2. The molecular weight excluding hydrogens is 466 g/mol. The summed E-state index contributed by atoms with van der Waals surface area (Å²) in [7, 11) is 0. The van der Waals surface area contributed by atoms with Crippen LogP contribution in [0.1, 0.15) is 37.1 Å². The van der Waals surface area contributed by atoms with Gasteiger partial charge >= 0.3 is 4.87 Å². The molecule has 32 heavy (non-hydrogen) atoms. The van der Waals surface area contributed by atoms with E-state index in [1.807, 2.05) is 0 Å². The number of fused-ring (bicyclic) bond motifs is 9. The number of benzene rings is 1. The van der Waals surface area contributed by atoms with Gasteiger partial charge in [0, 0.05) is 20.6 Å². The van der Waals surface area contributed by atoms with Crippen LogP contribution in [0.3, 0.4) is 0 Å². The number of aromatic amines is 1. The maximum absolute atomic E-state index is 13.4. The number of rotatable bonds is 3. The average Bonchev–Trinajstić information content (AvgIpc) is 3.50. The molecule has 2 aliphatic carbocycles. The Labute approximate surface area is 198 Å². The fraction of sp³-hybridized carbons (Fsp3) is 0.478. The molecule has 1 aromatic carbocycles.